The van der Waals surface area contributed by atoms with Gasteiger partial charge in [-0.25, -0.2) is 4.39 Å². The zero-order valence-corrected chi connectivity index (χ0v) is 10.7. The molecule has 5 heteroatoms. The normalized spacial score (nSPS) is 17.4. The predicted octanol–water partition coefficient (Wildman–Crippen LogP) is 1.78. The Morgan fingerprint density at radius 1 is 1.47 bits per heavy atom. The van der Waals surface area contributed by atoms with Crippen molar-refractivity contribution in [1.82, 2.24) is 5.32 Å². The summed E-state index contributed by atoms with van der Waals surface area (Å²) in [6, 6.07) is 3.28. The van der Waals surface area contributed by atoms with Crippen LogP contribution in [0.1, 0.15) is 36.0 Å². The minimum absolute atomic E-state index is 0.0813. The molecule has 19 heavy (non-hydrogen) atoms. The molecule has 104 valence electrons. The lowest BCUT2D eigenvalue weighted by Gasteiger charge is -2.23. The van der Waals surface area contributed by atoms with Gasteiger partial charge in [-0.15, -0.1) is 0 Å². The fraction of sp³-hybridized carbons (Fsp3) is 0.500. The average Bonchev–Trinajstić information content (AvgIpc) is 2.89. The van der Waals surface area contributed by atoms with Gasteiger partial charge in [0.25, 0.3) is 5.91 Å². The molecular formula is C14H19FN2O2. The SMILES string of the molecule is NCC(NC(=O)c1ccc(F)cc1O)C1CCCC1. The van der Waals surface area contributed by atoms with Crippen molar-refractivity contribution in [2.75, 3.05) is 6.54 Å². The van der Waals surface area contributed by atoms with E-state index in [1.165, 1.54) is 18.9 Å². The molecule has 4 N–H and O–H groups in total. The number of hydrogen-bond donors (Lipinski definition) is 3. The van der Waals surface area contributed by atoms with Crippen molar-refractivity contribution in [2.24, 2.45) is 11.7 Å². The van der Waals surface area contributed by atoms with Crippen LogP contribution >= 0.6 is 0 Å². The van der Waals surface area contributed by atoms with Crippen LogP contribution in [-0.2, 0) is 0 Å². The Bertz CT molecular complexity index is 459. The summed E-state index contributed by atoms with van der Waals surface area (Å²) in [7, 11) is 0. The molecule has 0 aliphatic heterocycles. The Hall–Kier alpha value is -1.62. The molecule has 1 unspecified atom stereocenters. The number of phenolic OH excluding ortho intramolecular Hbond substituents is 1. The Morgan fingerprint density at radius 2 is 2.16 bits per heavy atom. The third-order valence-electron chi connectivity index (χ3n) is 3.74. The molecular weight excluding hydrogens is 247 g/mol. The molecule has 1 saturated carbocycles. The van der Waals surface area contributed by atoms with E-state index in [-0.39, 0.29) is 17.4 Å². The highest BCUT2D eigenvalue weighted by molar-refractivity contribution is 5.97. The minimum atomic E-state index is -0.569. The molecule has 1 aliphatic carbocycles. The van der Waals surface area contributed by atoms with E-state index in [1.54, 1.807) is 0 Å². The van der Waals surface area contributed by atoms with E-state index >= 15 is 0 Å². The third-order valence-corrected chi connectivity index (χ3v) is 3.74. The summed E-state index contributed by atoms with van der Waals surface area (Å²) in [6.45, 7) is 0.373. The minimum Gasteiger partial charge on any atom is -0.507 e. The van der Waals surface area contributed by atoms with E-state index in [1.807, 2.05) is 0 Å². The summed E-state index contributed by atoms with van der Waals surface area (Å²) in [5.41, 5.74) is 5.79. The number of carbonyl (C=O) groups excluding carboxylic acids is 1. The van der Waals surface area contributed by atoms with Gasteiger partial charge in [0.1, 0.15) is 11.6 Å². The summed E-state index contributed by atoms with van der Waals surface area (Å²) in [5, 5.41) is 12.4. The smallest absolute Gasteiger partial charge is 0.255 e. The fourth-order valence-corrected chi connectivity index (χ4v) is 2.67. The quantitative estimate of drug-likeness (QED) is 0.777. The number of aromatic hydroxyl groups is 1. The van der Waals surface area contributed by atoms with Crippen molar-refractivity contribution in [2.45, 2.75) is 31.7 Å². The Kier molecular flexibility index (Phi) is 4.37. The van der Waals surface area contributed by atoms with Crippen molar-refractivity contribution in [3.63, 3.8) is 0 Å². The molecule has 0 spiro atoms. The van der Waals surface area contributed by atoms with Crippen LogP contribution in [-0.4, -0.2) is 23.6 Å². The number of phenols is 1. The number of benzene rings is 1. The van der Waals surface area contributed by atoms with Gasteiger partial charge >= 0.3 is 0 Å². The molecule has 0 bridgehead atoms. The summed E-state index contributed by atoms with van der Waals surface area (Å²) >= 11 is 0. The summed E-state index contributed by atoms with van der Waals surface area (Å²) in [4.78, 5) is 12.1. The largest absolute Gasteiger partial charge is 0.507 e. The lowest BCUT2D eigenvalue weighted by molar-refractivity contribution is 0.0921. The molecule has 1 aliphatic rings. The van der Waals surface area contributed by atoms with Gasteiger partial charge in [0.15, 0.2) is 0 Å². The maximum absolute atomic E-state index is 12.9. The highest BCUT2D eigenvalue weighted by Crippen LogP contribution is 2.28. The molecule has 0 heterocycles. The first-order chi connectivity index (χ1) is 9.11. The van der Waals surface area contributed by atoms with Gasteiger partial charge in [0.05, 0.1) is 5.56 Å². The van der Waals surface area contributed by atoms with Gasteiger partial charge in [0.2, 0.25) is 0 Å². The summed E-state index contributed by atoms with van der Waals surface area (Å²) < 4.78 is 12.9. The van der Waals surface area contributed by atoms with Gasteiger partial charge in [-0.3, -0.25) is 4.79 Å². The van der Waals surface area contributed by atoms with Crippen LogP contribution in [0.25, 0.3) is 0 Å². The van der Waals surface area contributed by atoms with Gasteiger partial charge < -0.3 is 16.2 Å². The predicted molar refractivity (Wildman–Crippen MR) is 70.3 cm³/mol. The summed E-state index contributed by atoms with van der Waals surface area (Å²) in [6.07, 6.45) is 4.47. The first-order valence-electron chi connectivity index (χ1n) is 6.61. The third kappa shape index (κ3) is 3.23. The topological polar surface area (TPSA) is 75.3 Å². The maximum atomic E-state index is 12.9. The molecule has 1 atom stereocenters. The van der Waals surface area contributed by atoms with Crippen LogP contribution in [0.4, 0.5) is 4.39 Å². The van der Waals surface area contributed by atoms with Crippen molar-refractivity contribution < 1.29 is 14.3 Å². The Balaban J connectivity index is 2.06. The van der Waals surface area contributed by atoms with Crippen molar-refractivity contribution in [1.29, 1.82) is 0 Å². The monoisotopic (exact) mass is 266 g/mol. The van der Waals surface area contributed by atoms with E-state index in [9.17, 15) is 14.3 Å². The second-order valence-electron chi connectivity index (χ2n) is 5.02. The van der Waals surface area contributed by atoms with Crippen LogP contribution in [0.5, 0.6) is 5.75 Å². The van der Waals surface area contributed by atoms with E-state index in [2.05, 4.69) is 5.32 Å². The zero-order valence-electron chi connectivity index (χ0n) is 10.7. The number of amides is 1. The van der Waals surface area contributed by atoms with Gasteiger partial charge in [-0.1, -0.05) is 12.8 Å². The number of nitrogens with one attached hydrogen (secondary N) is 1. The molecule has 1 aromatic carbocycles. The standard InChI is InChI=1S/C14H19FN2O2/c15-10-5-6-11(13(18)7-10)14(19)17-12(8-16)9-3-1-2-4-9/h5-7,9,12,18H,1-4,8,16H2,(H,17,19). The highest BCUT2D eigenvalue weighted by Gasteiger charge is 2.26. The molecule has 1 fully saturated rings. The van der Waals surface area contributed by atoms with Gasteiger partial charge in [-0.05, 0) is 30.9 Å². The van der Waals surface area contributed by atoms with E-state index in [0.717, 1.165) is 25.0 Å². The van der Waals surface area contributed by atoms with Crippen molar-refractivity contribution in [3.05, 3.63) is 29.6 Å². The van der Waals surface area contributed by atoms with Crippen LogP contribution < -0.4 is 11.1 Å². The molecule has 1 aromatic rings. The second-order valence-corrected chi connectivity index (χ2v) is 5.02. The maximum Gasteiger partial charge on any atom is 0.255 e. The fourth-order valence-electron chi connectivity index (χ4n) is 2.67. The van der Waals surface area contributed by atoms with Crippen LogP contribution in [0, 0.1) is 11.7 Å². The van der Waals surface area contributed by atoms with Crippen LogP contribution in [0.3, 0.4) is 0 Å². The molecule has 0 radical (unpaired) electrons. The highest BCUT2D eigenvalue weighted by atomic mass is 19.1. The lowest BCUT2D eigenvalue weighted by Crippen LogP contribution is -2.44. The number of hydrogen-bond acceptors (Lipinski definition) is 3. The Morgan fingerprint density at radius 3 is 2.74 bits per heavy atom. The average molecular weight is 266 g/mol. The van der Waals surface area contributed by atoms with Crippen LogP contribution in [0.15, 0.2) is 18.2 Å². The van der Waals surface area contributed by atoms with E-state index < -0.39 is 11.7 Å². The first kappa shape index (κ1) is 13.8. The van der Waals surface area contributed by atoms with Crippen molar-refractivity contribution >= 4 is 5.91 Å². The van der Waals surface area contributed by atoms with Crippen molar-refractivity contribution in [3.8, 4) is 5.75 Å². The molecule has 4 nitrogen and oxygen atoms in total. The molecule has 1 amide bonds. The first-order valence-corrected chi connectivity index (χ1v) is 6.61. The van der Waals surface area contributed by atoms with Crippen LogP contribution in [0.2, 0.25) is 0 Å². The number of halogens is 1. The summed E-state index contributed by atoms with van der Waals surface area (Å²) in [5.74, 6) is -0.920. The van der Waals surface area contributed by atoms with E-state index in [0.29, 0.717) is 12.5 Å². The second kappa shape index (κ2) is 6.02. The molecule has 0 saturated heterocycles. The number of nitrogens with two attached hydrogens (primary N) is 1. The lowest BCUT2D eigenvalue weighted by atomic mass is 9.98. The molecule has 0 aromatic heterocycles. The van der Waals surface area contributed by atoms with E-state index in [4.69, 9.17) is 5.73 Å². The molecule has 2 rings (SSSR count). The van der Waals surface area contributed by atoms with Gasteiger partial charge in [-0.2, -0.15) is 0 Å². The number of carbonyl (C=O) groups is 1. The Labute approximate surface area is 111 Å². The number of rotatable bonds is 4. The van der Waals surface area contributed by atoms with Gasteiger partial charge in [0, 0.05) is 18.7 Å². The zero-order chi connectivity index (χ0) is 13.8.